The Balaban J connectivity index is 4.61. The summed E-state index contributed by atoms with van der Waals surface area (Å²) in [6, 6.07) is -0.227. The van der Waals surface area contributed by atoms with E-state index >= 15 is 0 Å². The van der Waals surface area contributed by atoms with Crippen molar-refractivity contribution in [3.8, 4) is 0 Å². The molecule has 0 aliphatic carbocycles. The highest BCUT2D eigenvalue weighted by molar-refractivity contribution is 5.85. The molecule has 0 fully saturated rings. The van der Waals surface area contributed by atoms with Gasteiger partial charge in [-0.05, 0) is 12.8 Å². The van der Waals surface area contributed by atoms with Gasteiger partial charge in [-0.1, -0.05) is 20.8 Å². The van der Waals surface area contributed by atoms with Crippen molar-refractivity contribution in [3.63, 3.8) is 0 Å². The first-order valence-electron chi connectivity index (χ1n) is 5.58. The molecule has 0 aromatic carbocycles. The lowest BCUT2D eigenvalue weighted by molar-refractivity contribution is -0.139. The molecule has 2 amide bonds. The predicted molar refractivity (Wildman–Crippen MR) is 63.4 cm³/mol. The monoisotopic (exact) mass is 229 g/mol. The molecule has 0 aliphatic heterocycles. The van der Waals surface area contributed by atoms with Crippen LogP contribution in [0.2, 0.25) is 0 Å². The van der Waals surface area contributed by atoms with Gasteiger partial charge in [0.25, 0.3) is 0 Å². The quantitative estimate of drug-likeness (QED) is 0.668. The van der Waals surface area contributed by atoms with Crippen LogP contribution in [0.15, 0.2) is 0 Å². The average molecular weight is 229 g/mol. The molecule has 0 aliphatic rings. The van der Waals surface area contributed by atoms with Gasteiger partial charge < -0.3 is 16.4 Å². The molecule has 0 heterocycles. The van der Waals surface area contributed by atoms with Crippen LogP contribution in [-0.4, -0.2) is 35.8 Å². The minimum Gasteiger partial charge on any atom is -0.368 e. The molecule has 0 radical (unpaired) electrons. The highest BCUT2D eigenvalue weighted by Crippen LogP contribution is 2.08. The number of carbonyl (C=O) groups excluding carboxylic acids is 2. The lowest BCUT2D eigenvalue weighted by Crippen LogP contribution is -2.46. The van der Waals surface area contributed by atoms with E-state index in [-0.39, 0.29) is 24.4 Å². The lowest BCUT2D eigenvalue weighted by Gasteiger charge is -2.27. The molecule has 5 nitrogen and oxygen atoms in total. The minimum atomic E-state index is -0.495. The molecule has 16 heavy (non-hydrogen) atoms. The van der Waals surface area contributed by atoms with Gasteiger partial charge >= 0.3 is 0 Å². The Kier molecular flexibility index (Phi) is 6.03. The normalized spacial score (nSPS) is 14.6. The van der Waals surface area contributed by atoms with Crippen molar-refractivity contribution in [3.05, 3.63) is 0 Å². The molecule has 2 unspecified atom stereocenters. The molecule has 0 aromatic heterocycles. The maximum absolute atomic E-state index is 12.0. The zero-order valence-electron chi connectivity index (χ0n) is 10.6. The van der Waals surface area contributed by atoms with E-state index in [0.29, 0.717) is 12.5 Å². The summed E-state index contributed by atoms with van der Waals surface area (Å²) in [6.07, 6.45) is 0. The van der Waals surface area contributed by atoms with Crippen molar-refractivity contribution >= 4 is 11.8 Å². The Bertz CT molecular complexity index is 252. The van der Waals surface area contributed by atoms with E-state index in [1.54, 1.807) is 13.8 Å². The zero-order valence-corrected chi connectivity index (χ0v) is 10.6. The molecule has 94 valence electrons. The van der Waals surface area contributed by atoms with E-state index in [2.05, 4.69) is 0 Å². The number of carbonyl (C=O) groups is 2. The zero-order chi connectivity index (χ0) is 12.9. The number of nitrogens with zero attached hydrogens (tertiary/aromatic N) is 1. The first-order chi connectivity index (χ1) is 7.25. The van der Waals surface area contributed by atoms with Crippen LogP contribution >= 0.6 is 0 Å². The molecular formula is C11H23N3O2. The van der Waals surface area contributed by atoms with Crippen LogP contribution in [0.1, 0.15) is 27.7 Å². The molecule has 0 spiro atoms. The fraction of sp³-hybridized carbons (Fsp3) is 0.818. The van der Waals surface area contributed by atoms with E-state index < -0.39 is 5.91 Å². The Morgan fingerprint density at radius 1 is 1.19 bits per heavy atom. The van der Waals surface area contributed by atoms with Crippen LogP contribution in [0.5, 0.6) is 0 Å². The standard InChI is InChI=1S/C11H23N3O2/c1-7(2)5-14(6-10(13)15)11(16)8(3)9(4)12/h7-9H,5-6,12H2,1-4H3,(H2,13,15). The summed E-state index contributed by atoms with van der Waals surface area (Å²) in [4.78, 5) is 24.4. The van der Waals surface area contributed by atoms with Crippen LogP contribution in [0, 0.1) is 11.8 Å². The number of nitrogens with two attached hydrogens (primary N) is 2. The largest absolute Gasteiger partial charge is 0.368 e. The highest BCUT2D eigenvalue weighted by atomic mass is 16.2. The topological polar surface area (TPSA) is 89.4 Å². The molecule has 0 saturated heterocycles. The third kappa shape index (κ3) is 5.11. The first-order valence-corrected chi connectivity index (χ1v) is 5.58. The van der Waals surface area contributed by atoms with Gasteiger partial charge in [-0.2, -0.15) is 0 Å². The van der Waals surface area contributed by atoms with Gasteiger partial charge in [0.1, 0.15) is 0 Å². The third-order valence-corrected chi connectivity index (χ3v) is 2.42. The van der Waals surface area contributed by atoms with Crippen molar-refractivity contribution in [2.24, 2.45) is 23.3 Å². The predicted octanol–water partition coefficient (Wildman–Crippen LogP) is -0.0604. The highest BCUT2D eigenvalue weighted by Gasteiger charge is 2.24. The van der Waals surface area contributed by atoms with Gasteiger partial charge in [0.05, 0.1) is 12.5 Å². The second kappa shape index (κ2) is 6.48. The molecular weight excluding hydrogens is 206 g/mol. The van der Waals surface area contributed by atoms with Gasteiger partial charge in [-0.15, -0.1) is 0 Å². The SMILES string of the molecule is CC(C)CN(CC(N)=O)C(=O)C(C)C(C)N. The van der Waals surface area contributed by atoms with Gasteiger partial charge in [0.15, 0.2) is 0 Å². The molecule has 0 aromatic rings. The number of rotatable bonds is 6. The van der Waals surface area contributed by atoms with Crippen molar-refractivity contribution in [2.45, 2.75) is 33.7 Å². The maximum Gasteiger partial charge on any atom is 0.237 e. The molecule has 5 heteroatoms. The summed E-state index contributed by atoms with van der Waals surface area (Å²) < 4.78 is 0. The van der Waals surface area contributed by atoms with Crippen LogP contribution in [-0.2, 0) is 9.59 Å². The van der Waals surface area contributed by atoms with Gasteiger partial charge in [0, 0.05) is 12.6 Å². The number of amides is 2. The van der Waals surface area contributed by atoms with Crippen molar-refractivity contribution < 1.29 is 9.59 Å². The molecule has 0 bridgehead atoms. The van der Waals surface area contributed by atoms with Gasteiger partial charge in [-0.3, -0.25) is 9.59 Å². The Hall–Kier alpha value is -1.10. The number of hydrogen-bond acceptors (Lipinski definition) is 3. The molecule has 0 rings (SSSR count). The van der Waals surface area contributed by atoms with Crippen LogP contribution < -0.4 is 11.5 Å². The fourth-order valence-corrected chi connectivity index (χ4v) is 1.37. The van der Waals surface area contributed by atoms with E-state index in [1.807, 2.05) is 13.8 Å². The minimum absolute atomic E-state index is 0.0337. The van der Waals surface area contributed by atoms with E-state index in [4.69, 9.17) is 11.5 Å². The fourth-order valence-electron chi connectivity index (χ4n) is 1.37. The Labute approximate surface area is 97.2 Å². The molecule has 0 saturated carbocycles. The summed E-state index contributed by atoms with van der Waals surface area (Å²) in [5.41, 5.74) is 10.8. The summed E-state index contributed by atoms with van der Waals surface area (Å²) in [7, 11) is 0. The van der Waals surface area contributed by atoms with Crippen molar-refractivity contribution in [2.75, 3.05) is 13.1 Å². The van der Waals surface area contributed by atoms with E-state index in [1.165, 1.54) is 4.90 Å². The Morgan fingerprint density at radius 3 is 2.00 bits per heavy atom. The van der Waals surface area contributed by atoms with E-state index in [0.717, 1.165) is 0 Å². The molecule has 2 atom stereocenters. The van der Waals surface area contributed by atoms with Crippen molar-refractivity contribution in [1.82, 2.24) is 4.90 Å². The maximum atomic E-state index is 12.0. The number of hydrogen-bond donors (Lipinski definition) is 2. The smallest absolute Gasteiger partial charge is 0.237 e. The van der Waals surface area contributed by atoms with Crippen LogP contribution in [0.3, 0.4) is 0 Å². The summed E-state index contributed by atoms with van der Waals surface area (Å²) in [5.74, 6) is -0.602. The van der Waals surface area contributed by atoms with Gasteiger partial charge in [-0.25, -0.2) is 0 Å². The van der Waals surface area contributed by atoms with Crippen LogP contribution in [0.4, 0.5) is 0 Å². The first kappa shape index (κ1) is 14.9. The second-order valence-corrected chi connectivity index (χ2v) is 4.73. The lowest BCUT2D eigenvalue weighted by atomic mass is 10.0. The Morgan fingerprint density at radius 2 is 1.69 bits per heavy atom. The summed E-state index contributed by atoms with van der Waals surface area (Å²) in [6.45, 7) is 8.00. The third-order valence-electron chi connectivity index (χ3n) is 2.42. The van der Waals surface area contributed by atoms with Gasteiger partial charge in [0.2, 0.25) is 11.8 Å². The molecule has 4 N–H and O–H groups in total. The van der Waals surface area contributed by atoms with E-state index in [9.17, 15) is 9.59 Å². The number of primary amides is 1. The van der Waals surface area contributed by atoms with Crippen LogP contribution in [0.25, 0.3) is 0 Å². The van der Waals surface area contributed by atoms with Crippen molar-refractivity contribution in [1.29, 1.82) is 0 Å². The summed E-state index contributed by atoms with van der Waals surface area (Å²) in [5, 5.41) is 0. The average Bonchev–Trinajstić information content (AvgIpc) is 2.12. The second-order valence-electron chi connectivity index (χ2n) is 4.73. The summed E-state index contributed by atoms with van der Waals surface area (Å²) >= 11 is 0.